The minimum atomic E-state index is -3.81. The largest absolute Gasteiger partial charge is 0.383 e. The molecule has 2 N–H and O–H groups in total. The maximum atomic E-state index is 13.1. The second-order valence-electron chi connectivity index (χ2n) is 7.09. The van der Waals surface area contributed by atoms with Crippen LogP contribution in [0.2, 0.25) is 0 Å². The molecule has 1 aliphatic rings. The van der Waals surface area contributed by atoms with E-state index in [1.807, 2.05) is 67.6 Å². The Balaban J connectivity index is 1.79. The Morgan fingerprint density at radius 2 is 1.33 bits per heavy atom. The van der Waals surface area contributed by atoms with Gasteiger partial charge in [-0.1, -0.05) is 78.4 Å². The van der Waals surface area contributed by atoms with Gasteiger partial charge in [0.25, 0.3) is 0 Å². The highest BCUT2D eigenvalue weighted by molar-refractivity contribution is 7.89. The summed E-state index contributed by atoms with van der Waals surface area (Å²) >= 11 is 0. The van der Waals surface area contributed by atoms with Crippen molar-refractivity contribution in [1.29, 1.82) is 0 Å². The minimum Gasteiger partial charge on any atom is -0.383 e. The van der Waals surface area contributed by atoms with E-state index in [-0.39, 0.29) is 11.3 Å². The number of hydrogen-bond donors (Lipinski definition) is 2. The average Bonchev–Trinajstić information content (AvgIpc) is 3.29. The van der Waals surface area contributed by atoms with Crippen LogP contribution in [0.5, 0.6) is 0 Å². The van der Waals surface area contributed by atoms with Gasteiger partial charge in [-0.2, -0.15) is 4.72 Å². The van der Waals surface area contributed by atoms with Gasteiger partial charge in [-0.15, -0.1) is 0 Å². The van der Waals surface area contributed by atoms with Gasteiger partial charge in [0, 0.05) is 6.42 Å². The Morgan fingerprint density at radius 1 is 0.815 bits per heavy atom. The summed E-state index contributed by atoms with van der Waals surface area (Å²) in [6, 6.07) is 25.2. The molecule has 0 amide bonds. The van der Waals surface area contributed by atoms with Crippen LogP contribution in [0.1, 0.15) is 23.1 Å². The molecule has 1 fully saturated rings. The summed E-state index contributed by atoms with van der Waals surface area (Å²) < 4.78 is 28.9. The fourth-order valence-electron chi connectivity index (χ4n) is 3.65. The summed E-state index contributed by atoms with van der Waals surface area (Å²) in [5, 5.41) is 11.4. The lowest BCUT2D eigenvalue weighted by atomic mass is 9.97. The van der Waals surface area contributed by atoms with Crippen LogP contribution >= 0.6 is 0 Å². The lowest BCUT2D eigenvalue weighted by Gasteiger charge is -2.24. The molecule has 0 radical (unpaired) electrons. The fraction of sp³-hybridized carbons (Fsp3) is 0.182. The molecule has 5 heteroatoms. The first-order valence-electron chi connectivity index (χ1n) is 8.82. The first-order valence-corrected chi connectivity index (χ1v) is 10.3. The number of sulfonamides is 1. The van der Waals surface area contributed by atoms with Crippen molar-refractivity contribution in [2.45, 2.75) is 29.4 Å². The molecule has 2 atom stereocenters. The Bertz CT molecular complexity index is 1050. The van der Waals surface area contributed by atoms with Crippen molar-refractivity contribution >= 4 is 10.0 Å². The van der Waals surface area contributed by atoms with Gasteiger partial charge in [-0.05, 0) is 30.2 Å². The van der Waals surface area contributed by atoms with Crippen molar-refractivity contribution < 1.29 is 13.5 Å². The molecule has 1 saturated carbocycles. The van der Waals surface area contributed by atoms with Crippen LogP contribution in [0.3, 0.4) is 0 Å². The Labute approximate surface area is 159 Å². The number of benzene rings is 3. The van der Waals surface area contributed by atoms with Crippen LogP contribution in [0.15, 0.2) is 89.8 Å². The summed E-state index contributed by atoms with van der Waals surface area (Å²) in [6.45, 7) is 1.91. The third-order valence-corrected chi connectivity index (χ3v) is 6.77. The molecule has 0 saturated heterocycles. The standard InChI is InChI=1S/C22H21NO3S/c1-17-12-14-20(15-13-17)27(25,26)23-21(18-8-4-2-5-9-18)16-22(21,24)19-10-6-3-7-11-19/h2-15,23-24H,16H2,1H3/t21-,22+/m0/s1. The van der Waals surface area contributed by atoms with E-state index < -0.39 is 21.2 Å². The van der Waals surface area contributed by atoms with E-state index in [2.05, 4.69) is 4.72 Å². The monoisotopic (exact) mass is 379 g/mol. The van der Waals surface area contributed by atoms with Crippen LogP contribution < -0.4 is 4.72 Å². The second-order valence-corrected chi connectivity index (χ2v) is 8.78. The first kappa shape index (κ1) is 17.9. The lowest BCUT2D eigenvalue weighted by molar-refractivity contribution is 0.117. The number of aryl methyl sites for hydroxylation is 1. The van der Waals surface area contributed by atoms with E-state index in [1.54, 1.807) is 24.3 Å². The molecule has 0 unspecified atom stereocenters. The fourth-order valence-corrected chi connectivity index (χ4v) is 5.08. The molecule has 0 aromatic heterocycles. The molecular formula is C22H21NO3S. The smallest absolute Gasteiger partial charge is 0.241 e. The molecule has 1 aliphatic carbocycles. The van der Waals surface area contributed by atoms with Crippen molar-refractivity contribution in [2.24, 2.45) is 0 Å². The van der Waals surface area contributed by atoms with E-state index in [1.165, 1.54) is 0 Å². The number of hydrogen-bond acceptors (Lipinski definition) is 3. The van der Waals surface area contributed by atoms with E-state index >= 15 is 0 Å². The topological polar surface area (TPSA) is 66.4 Å². The van der Waals surface area contributed by atoms with Gasteiger partial charge < -0.3 is 5.11 Å². The van der Waals surface area contributed by atoms with Gasteiger partial charge >= 0.3 is 0 Å². The summed E-state index contributed by atoms with van der Waals surface area (Å²) in [5.41, 5.74) is 0.0265. The predicted octanol–water partition coefficient (Wildman–Crippen LogP) is 3.46. The molecule has 3 aromatic carbocycles. The third-order valence-electron chi connectivity index (χ3n) is 5.26. The van der Waals surface area contributed by atoms with Crippen LogP contribution in [0.4, 0.5) is 0 Å². The summed E-state index contributed by atoms with van der Waals surface area (Å²) in [5.74, 6) is 0. The quantitative estimate of drug-likeness (QED) is 0.713. The van der Waals surface area contributed by atoms with Gasteiger partial charge in [-0.25, -0.2) is 8.42 Å². The van der Waals surface area contributed by atoms with Crippen LogP contribution in [0.25, 0.3) is 0 Å². The van der Waals surface area contributed by atoms with Crippen LogP contribution in [0, 0.1) is 6.92 Å². The molecule has 0 heterocycles. The summed E-state index contributed by atoms with van der Waals surface area (Å²) in [7, 11) is -3.81. The SMILES string of the molecule is Cc1ccc(S(=O)(=O)N[C@]2(c3ccccc3)C[C@@]2(O)c2ccccc2)cc1. The average molecular weight is 379 g/mol. The van der Waals surface area contributed by atoms with Crippen molar-refractivity contribution in [3.05, 3.63) is 102 Å². The molecule has 0 bridgehead atoms. The zero-order valence-corrected chi connectivity index (χ0v) is 15.8. The van der Waals surface area contributed by atoms with Gasteiger partial charge in [0.1, 0.15) is 5.60 Å². The van der Waals surface area contributed by atoms with Crippen LogP contribution in [-0.2, 0) is 21.2 Å². The van der Waals surface area contributed by atoms with E-state index in [9.17, 15) is 13.5 Å². The zero-order chi connectivity index (χ0) is 19.1. The van der Waals surface area contributed by atoms with Gasteiger partial charge in [0.05, 0.1) is 10.4 Å². The normalized spacial score (nSPS) is 24.5. The zero-order valence-electron chi connectivity index (χ0n) is 15.0. The van der Waals surface area contributed by atoms with Gasteiger partial charge in [0.15, 0.2) is 0 Å². The molecule has 3 aromatic rings. The molecule has 0 spiro atoms. The van der Waals surface area contributed by atoms with Crippen molar-refractivity contribution in [3.63, 3.8) is 0 Å². The second kappa shape index (κ2) is 6.30. The summed E-state index contributed by atoms with van der Waals surface area (Å²) in [6.07, 6.45) is 0.277. The molecule has 0 aliphatic heterocycles. The summed E-state index contributed by atoms with van der Waals surface area (Å²) in [4.78, 5) is 0.186. The highest BCUT2D eigenvalue weighted by atomic mass is 32.2. The first-order chi connectivity index (χ1) is 12.9. The van der Waals surface area contributed by atoms with Gasteiger partial charge in [-0.3, -0.25) is 0 Å². The minimum absolute atomic E-state index is 0.186. The van der Waals surface area contributed by atoms with E-state index in [0.717, 1.165) is 11.1 Å². The Hall–Kier alpha value is -2.47. The van der Waals surface area contributed by atoms with Crippen molar-refractivity contribution in [1.82, 2.24) is 4.72 Å². The number of aliphatic hydroxyl groups is 1. The highest BCUT2D eigenvalue weighted by Crippen LogP contribution is 2.62. The van der Waals surface area contributed by atoms with Crippen molar-refractivity contribution in [3.8, 4) is 0 Å². The van der Waals surface area contributed by atoms with Gasteiger partial charge in [0.2, 0.25) is 10.0 Å². The van der Waals surface area contributed by atoms with E-state index in [4.69, 9.17) is 0 Å². The third kappa shape index (κ3) is 2.98. The highest BCUT2D eigenvalue weighted by Gasteiger charge is 2.70. The Kier molecular flexibility index (Phi) is 4.18. The van der Waals surface area contributed by atoms with E-state index in [0.29, 0.717) is 5.56 Å². The Morgan fingerprint density at radius 3 is 1.89 bits per heavy atom. The molecular weight excluding hydrogens is 358 g/mol. The van der Waals surface area contributed by atoms with Crippen LogP contribution in [-0.4, -0.2) is 13.5 Å². The maximum absolute atomic E-state index is 13.1. The molecule has 27 heavy (non-hydrogen) atoms. The maximum Gasteiger partial charge on any atom is 0.241 e. The lowest BCUT2D eigenvalue weighted by Crippen LogP contribution is -2.41. The molecule has 4 rings (SSSR count). The van der Waals surface area contributed by atoms with Crippen molar-refractivity contribution in [2.75, 3.05) is 0 Å². The molecule has 4 nitrogen and oxygen atoms in total. The number of nitrogens with one attached hydrogen (secondary N) is 1. The molecule has 138 valence electrons. The predicted molar refractivity (Wildman–Crippen MR) is 105 cm³/mol. The number of rotatable bonds is 5.